The first kappa shape index (κ1) is 25.6. The number of carbonyl (C=O) groups excluding carboxylic acids is 1. The molecule has 2 aliphatic rings. The quantitative estimate of drug-likeness (QED) is 0.464. The average Bonchev–Trinajstić information content (AvgIpc) is 2.90. The Morgan fingerprint density at radius 1 is 0.943 bits per heavy atom. The summed E-state index contributed by atoms with van der Waals surface area (Å²) in [5, 5.41) is 3.33. The summed E-state index contributed by atoms with van der Waals surface area (Å²) < 4.78 is 5.30. The highest BCUT2D eigenvalue weighted by Crippen LogP contribution is 2.22. The summed E-state index contributed by atoms with van der Waals surface area (Å²) in [5.74, 6) is 1.64. The Labute approximate surface area is 211 Å². The Hall–Kier alpha value is -2.53. The number of nitrogens with zero attached hydrogens (tertiary/aromatic N) is 2. The molecule has 0 atom stereocenters. The molecule has 4 rings (SSSR count). The number of amides is 2. The average molecular weight is 478 g/mol. The van der Waals surface area contributed by atoms with E-state index < -0.39 is 0 Å². The van der Waals surface area contributed by atoms with Crippen molar-refractivity contribution in [1.82, 2.24) is 15.1 Å². The molecule has 0 spiro atoms. The van der Waals surface area contributed by atoms with Crippen molar-refractivity contribution in [3.63, 3.8) is 0 Å². The van der Waals surface area contributed by atoms with Gasteiger partial charge in [-0.1, -0.05) is 61.7 Å². The predicted molar refractivity (Wildman–Crippen MR) is 143 cm³/mol. The van der Waals surface area contributed by atoms with Crippen LogP contribution < -0.4 is 10.1 Å². The minimum atomic E-state index is 0.0919. The number of methoxy groups -OCH3 is 1. The van der Waals surface area contributed by atoms with E-state index >= 15 is 0 Å². The molecule has 2 fully saturated rings. The number of hydrogen-bond acceptors (Lipinski definition) is 3. The van der Waals surface area contributed by atoms with Gasteiger partial charge in [-0.3, -0.25) is 0 Å². The molecule has 1 saturated heterocycles. The highest BCUT2D eigenvalue weighted by molar-refractivity contribution is 5.74. The first-order valence-corrected chi connectivity index (χ1v) is 13.6. The molecule has 1 heterocycles. The number of piperidine rings is 1. The fourth-order valence-corrected chi connectivity index (χ4v) is 5.56. The molecule has 5 nitrogen and oxygen atoms in total. The molecule has 1 aliphatic carbocycles. The van der Waals surface area contributed by atoms with E-state index in [4.69, 9.17) is 4.74 Å². The molecule has 35 heavy (non-hydrogen) atoms. The van der Waals surface area contributed by atoms with Crippen LogP contribution in [0.15, 0.2) is 54.6 Å². The molecule has 1 N–H and O–H groups in total. The second-order valence-corrected chi connectivity index (χ2v) is 10.4. The predicted octanol–water partition coefficient (Wildman–Crippen LogP) is 5.88. The van der Waals surface area contributed by atoms with Crippen LogP contribution in [0.3, 0.4) is 0 Å². The van der Waals surface area contributed by atoms with E-state index in [-0.39, 0.29) is 6.03 Å². The van der Waals surface area contributed by atoms with Crippen molar-refractivity contribution in [2.45, 2.75) is 70.4 Å². The largest absolute Gasteiger partial charge is 0.497 e. The van der Waals surface area contributed by atoms with Gasteiger partial charge in [0.05, 0.1) is 7.11 Å². The maximum Gasteiger partial charge on any atom is 0.317 e. The van der Waals surface area contributed by atoms with E-state index in [1.807, 2.05) is 17.0 Å². The summed E-state index contributed by atoms with van der Waals surface area (Å²) in [6.07, 6.45) is 10.7. The van der Waals surface area contributed by atoms with Crippen molar-refractivity contribution in [2.24, 2.45) is 5.92 Å². The van der Waals surface area contributed by atoms with Crippen LogP contribution in [0, 0.1) is 5.92 Å². The van der Waals surface area contributed by atoms with E-state index in [9.17, 15) is 4.79 Å². The van der Waals surface area contributed by atoms with E-state index in [1.54, 1.807) is 7.11 Å². The number of nitrogens with one attached hydrogen (secondary N) is 1. The molecule has 190 valence electrons. The Morgan fingerprint density at radius 3 is 2.34 bits per heavy atom. The molecule has 5 heteroatoms. The van der Waals surface area contributed by atoms with Crippen molar-refractivity contribution in [3.05, 3.63) is 65.7 Å². The molecule has 0 unspecified atom stereocenters. The molecule has 0 aromatic heterocycles. The second kappa shape index (κ2) is 13.5. The van der Waals surface area contributed by atoms with Gasteiger partial charge in [0.25, 0.3) is 0 Å². The Morgan fingerprint density at radius 2 is 1.66 bits per heavy atom. The third-order valence-corrected chi connectivity index (χ3v) is 7.73. The van der Waals surface area contributed by atoms with Gasteiger partial charge in [0, 0.05) is 19.1 Å². The zero-order chi connectivity index (χ0) is 24.3. The fourth-order valence-electron chi connectivity index (χ4n) is 5.56. The van der Waals surface area contributed by atoms with Crippen LogP contribution in [-0.2, 0) is 13.0 Å². The Bertz CT molecular complexity index is 872. The van der Waals surface area contributed by atoms with Gasteiger partial charge in [-0.2, -0.15) is 0 Å². The van der Waals surface area contributed by atoms with E-state index in [1.165, 1.54) is 57.2 Å². The molecular weight excluding hydrogens is 434 g/mol. The highest BCUT2D eigenvalue weighted by atomic mass is 16.5. The van der Waals surface area contributed by atoms with Crippen LogP contribution in [0.25, 0.3) is 0 Å². The first-order chi connectivity index (χ1) is 17.2. The van der Waals surface area contributed by atoms with E-state index in [2.05, 4.69) is 52.7 Å². The minimum absolute atomic E-state index is 0.0919. The lowest BCUT2D eigenvalue weighted by Crippen LogP contribution is -2.46. The van der Waals surface area contributed by atoms with Crippen molar-refractivity contribution in [3.8, 4) is 5.75 Å². The molecule has 2 aromatic carbocycles. The molecule has 1 aliphatic heterocycles. The van der Waals surface area contributed by atoms with Crippen molar-refractivity contribution in [1.29, 1.82) is 0 Å². The number of hydrogen-bond donors (Lipinski definition) is 1. The van der Waals surface area contributed by atoms with E-state index in [0.717, 1.165) is 49.6 Å². The maximum absolute atomic E-state index is 13.2. The second-order valence-electron chi connectivity index (χ2n) is 10.4. The summed E-state index contributed by atoms with van der Waals surface area (Å²) in [6, 6.07) is 19.4. The van der Waals surface area contributed by atoms with Gasteiger partial charge in [-0.15, -0.1) is 0 Å². The van der Waals surface area contributed by atoms with Gasteiger partial charge in [-0.05, 0) is 87.3 Å². The number of urea groups is 1. The van der Waals surface area contributed by atoms with Crippen molar-refractivity contribution < 1.29 is 9.53 Å². The highest BCUT2D eigenvalue weighted by Gasteiger charge is 2.22. The van der Waals surface area contributed by atoms with Crippen LogP contribution in [0.2, 0.25) is 0 Å². The van der Waals surface area contributed by atoms with Gasteiger partial charge in [0.1, 0.15) is 5.75 Å². The number of rotatable bonds is 10. The van der Waals surface area contributed by atoms with Crippen molar-refractivity contribution >= 4 is 6.03 Å². The fraction of sp³-hybridized carbons (Fsp3) is 0.567. The van der Waals surface area contributed by atoms with Crippen LogP contribution in [-0.4, -0.2) is 55.2 Å². The van der Waals surface area contributed by atoms with Crippen LogP contribution in [0.5, 0.6) is 5.75 Å². The third kappa shape index (κ3) is 8.28. The maximum atomic E-state index is 13.2. The molecule has 1 saturated carbocycles. The summed E-state index contributed by atoms with van der Waals surface area (Å²) in [4.78, 5) is 17.8. The third-order valence-electron chi connectivity index (χ3n) is 7.73. The monoisotopic (exact) mass is 477 g/mol. The lowest BCUT2D eigenvalue weighted by molar-refractivity contribution is 0.164. The van der Waals surface area contributed by atoms with Gasteiger partial charge in [0.15, 0.2) is 0 Å². The van der Waals surface area contributed by atoms with Gasteiger partial charge in [-0.25, -0.2) is 4.79 Å². The van der Waals surface area contributed by atoms with Gasteiger partial charge in [0.2, 0.25) is 0 Å². The zero-order valence-electron chi connectivity index (χ0n) is 21.5. The summed E-state index contributed by atoms with van der Waals surface area (Å²) >= 11 is 0. The van der Waals surface area contributed by atoms with E-state index in [0.29, 0.717) is 12.6 Å². The lowest BCUT2D eigenvalue weighted by atomic mass is 9.90. The topological polar surface area (TPSA) is 44.8 Å². The van der Waals surface area contributed by atoms with Crippen LogP contribution in [0.1, 0.15) is 62.5 Å². The standard InChI is InChI=1S/C30H43N3O2/c1-35-29-15-13-27(14-16-29)24-33(30(34)31-28-11-6-3-7-12-28)20-8-19-32-21-17-26(18-22-32)23-25-9-4-2-5-10-25/h2,4-5,9-10,13-16,26,28H,3,6-8,11-12,17-24H2,1H3,(H,31,34). The smallest absolute Gasteiger partial charge is 0.317 e. The molecule has 2 aromatic rings. The number of benzene rings is 2. The number of likely N-dealkylation sites (tertiary alicyclic amines) is 1. The minimum Gasteiger partial charge on any atom is -0.497 e. The first-order valence-electron chi connectivity index (χ1n) is 13.6. The van der Waals surface area contributed by atoms with Crippen LogP contribution in [0.4, 0.5) is 4.79 Å². The van der Waals surface area contributed by atoms with Gasteiger partial charge >= 0.3 is 6.03 Å². The van der Waals surface area contributed by atoms with Gasteiger partial charge < -0.3 is 19.9 Å². The Balaban J connectivity index is 1.25. The normalized spacial score (nSPS) is 17.7. The summed E-state index contributed by atoms with van der Waals surface area (Å²) in [5.41, 5.74) is 2.61. The molecular formula is C30H43N3O2. The Kier molecular flexibility index (Phi) is 9.88. The number of ether oxygens (including phenoxy) is 1. The molecule has 0 radical (unpaired) electrons. The van der Waals surface area contributed by atoms with Crippen LogP contribution >= 0.6 is 0 Å². The summed E-state index contributed by atoms with van der Waals surface area (Å²) in [6.45, 7) is 4.83. The lowest BCUT2D eigenvalue weighted by Gasteiger charge is -2.33. The summed E-state index contributed by atoms with van der Waals surface area (Å²) in [7, 11) is 1.68. The zero-order valence-corrected chi connectivity index (χ0v) is 21.5. The molecule has 0 bridgehead atoms. The molecule has 2 amide bonds. The van der Waals surface area contributed by atoms with Crippen molar-refractivity contribution in [2.75, 3.05) is 33.3 Å². The number of carbonyl (C=O) groups is 1. The SMILES string of the molecule is COc1ccc(CN(CCCN2CCC(Cc3ccccc3)CC2)C(=O)NC2CCCCC2)cc1.